The molecule has 0 atom stereocenters. The van der Waals surface area contributed by atoms with Crippen LogP contribution in [-0.4, -0.2) is 38.0 Å². The molecule has 1 heterocycles. The minimum absolute atomic E-state index is 0.262. The van der Waals surface area contributed by atoms with Gasteiger partial charge in [-0.2, -0.15) is 0 Å². The molecule has 1 N–H and O–H groups in total. The van der Waals surface area contributed by atoms with E-state index < -0.39 is 0 Å². The quantitative estimate of drug-likeness (QED) is 0.898. The average Bonchev–Trinajstić information content (AvgIpc) is 2.83. The lowest BCUT2D eigenvalue weighted by molar-refractivity contribution is 0.00299. The third-order valence-electron chi connectivity index (χ3n) is 3.79. The van der Waals surface area contributed by atoms with Crippen LogP contribution >= 0.6 is 0 Å². The Morgan fingerprint density at radius 3 is 3.00 bits per heavy atom. The zero-order chi connectivity index (χ0) is 13.9. The van der Waals surface area contributed by atoms with Gasteiger partial charge in [-0.3, -0.25) is 4.90 Å². The van der Waals surface area contributed by atoms with Gasteiger partial charge in [0, 0.05) is 24.0 Å². The number of amides is 1. The topological polar surface area (TPSA) is 50.8 Å². The number of anilines is 2. The van der Waals surface area contributed by atoms with Gasteiger partial charge in [0.15, 0.2) is 0 Å². The van der Waals surface area contributed by atoms with Crippen molar-refractivity contribution in [2.75, 3.05) is 30.0 Å². The molecule has 1 amide bonds. The number of nitrogens with one attached hydrogen (secondary N) is 1. The van der Waals surface area contributed by atoms with Crippen LogP contribution in [0.2, 0.25) is 0 Å². The highest BCUT2D eigenvalue weighted by Crippen LogP contribution is 2.29. The van der Waals surface area contributed by atoms with E-state index in [9.17, 15) is 4.79 Å². The first kappa shape index (κ1) is 13.2. The standard InChI is InChI=1S/C15H20N2O3/c1-2-19-14-9-12(10-14)16-11-4-3-5-13(8-11)17-6-7-20-15(17)18/h3-5,8,12,14,16H,2,6-7,9-10H2,1H3. The summed E-state index contributed by atoms with van der Waals surface area (Å²) in [7, 11) is 0. The molecule has 1 aromatic rings. The van der Waals surface area contributed by atoms with Crippen molar-refractivity contribution in [2.24, 2.45) is 0 Å². The van der Waals surface area contributed by atoms with Crippen LogP contribution in [0.4, 0.5) is 16.2 Å². The van der Waals surface area contributed by atoms with Gasteiger partial charge in [-0.15, -0.1) is 0 Å². The van der Waals surface area contributed by atoms with E-state index in [4.69, 9.17) is 9.47 Å². The second-order valence-corrected chi connectivity index (χ2v) is 5.21. The van der Waals surface area contributed by atoms with Gasteiger partial charge in [-0.05, 0) is 38.0 Å². The molecule has 0 radical (unpaired) electrons. The lowest BCUT2D eigenvalue weighted by Crippen LogP contribution is -2.40. The van der Waals surface area contributed by atoms with Crippen LogP contribution in [0.15, 0.2) is 24.3 Å². The largest absolute Gasteiger partial charge is 0.447 e. The van der Waals surface area contributed by atoms with Crippen LogP contribution in [0.1, 0.15) is 19.8 Å². The first-order valence-corrected chi connectivity index (χ1v) is 7.18. The minimum atomic E-state index is -0.262. The monoisotopic (exact) mass is 276 g/mol. The maximum absolute atomic E-state index is 11.6. The number of carbonyl (C=O) groups is 1. The fourth-order valence-corrected chi connectivity index (χ4v) is 2.68. The number of hydrogen-bond acceptors (Lipinski definition) is 4. The molecule has 5 heteroatoms. The van der Waals surface area contributed by atoms with Crippen LogP contribution in [-0.2, 0) is 9.47 Å². The zero-order valence-corrected chi connectivity index (χ0v) is 11.7. The molecule has 3 rings (SSSR count). The second kappa shape index (κ2) is 5.71. The molecule has 108 valence electrons. The first-order valence-electron chi connectivity index (χ1n) is 7.18. The molecule has 0 bridgehead atoms. The Kier molecular flexibility index (Phi) is 3.78. The summed E-state index contributed by atoms with van der Waals surface area (Å²) in [5, 5.41) is 3.49. The normalized spacial score (nSPS) is 25.2. The van der Waals surface area contributed by atoms with Crippen LogP contribution < -0.4 is 10.2 Å². The molecular formula is C15H20N2O3. The Morgan fingerprint density at radius 1 is 1.45 bits per heavy atom. The molecule has 1 aromatic carbocycles. The molecule has 1 saturated carbocycles. The molecule has 5 nitrogen and oxygen atoms in total. The summed E-state index contributed by atoms with van der Waals surface area (Å²) in [5.41, 5.74) is 1.93. The van der Waals surface area contributed by atoms with Gasteiger partial charge in [0.25, 0.3) is 0 Å². The number of rotatable bonds is 5. The average molecular weight is 276 g/mol. The van der Waals surface area contributed by atoms with Crippen LogP contribution in [0.3, 0.4) is 0 Å². The summed E-state index contributed by atoms with van der Waals surface area (Å²) >= 11 is 0. The van der Waals surface area contributed by atoms with E-state index >= 15 is 0 Å². The maximum Gasteiger partial charge on any atom is 0.414 e. The van der Waals surface area contributed by atoms with Gasteiger partial charge in [-0.25, -0.2) is 4.79 Å². The number of carbonyl (C=O) groups excluding carboxylic acids is 1. The summed E-state index contributed by atoms with van der Waals surface area (Å²) in [6, 6.07) is 8.38. The Bertz CT molecular complexity index is 486. The summed E-state index contributed by atoms with van der Waals surface area (Å²) < 4.78 is 10.5. The molecule has 0 unspecified atom stereocenters. The number of ether oxygens (including phenoxy) is 2. The van der Waals surface area contributed by atoms with Crippen molar-refractivity contribution in [1.82, 2.24) is 0 Å². The summed E-state index contributed by atoms with van der Waals surface area (Å²) in [6.07, 6.45) is 2.23. The molecule has 2 fully saturated rings. The second-order valence-electron chi connectivity index (χ2n) is 5.21. The Balaban J connectivity index is 1.59. The smallest absolute Gasteiger partial charge is 0.414 e. The van der Waals surface area contributed by atoms with Gasteiger partial charge >= 0.3 is 6.09 Å². The minimum Gasteiger partial charge on any atom is -0.447 e. The van der Waals surface area contributed by atoms with Crippen molar-refractivity contribution < 1.29 is 14.3 Å². The van der Waals surface area contributed by atoms with Crippen molar-refractivity contribution >= 4 is 17.5 Å². The highest BCUT2D eigenvalue weighted by Gasteiger charge is 2.29. The molecule has 1 aliphatic carbocycles. The van der Waals surface area contributed by atoms with Crippen molar-refractivity contribution in [3.05, 3.63) is 24.3 Å². The van der Waals surface area contributed by atoms with Crippen molar-refractivity contribution in [3.63, 3.8) is 0 Å². The van der Waals surface area contributed by atoms with E-state index in [0.717, 1.165) is 30.8 Å². The van der Waals surface area contributed by atoms with Crippen molar-refractivity contribution in [2.45, 2.75) is 31.9 Å². The number of hydrogen-bond donors (Lipinski definition) is 1. The summed E-state index contributed by atoms with van der Waals surface area (Å²) in [5.74, 6) is 0. The highest BCUT2D eigenvalue weighted by molar-refractivity contribution is 5.89. The third kappa shape index (κ3) is 2.72. The molecule has 0 aromatic heterocycles. The predicted molar refractivity (Wildman–Crippen MR) is 77.2 cm³/mol. The molecular weight excluding hydrogens is 256 g/mol. The third-order valence-corrected chi connectivity index (χ3v) is 3.79. The summed E-state index contributed by atoms with van der Waals surface area (Å²) in [6.45, 7) is 3.90. The predicted octanol–water partition coefficient (Wildman–Crippen LogP) is 2.62. The van der Waals surface area contributed by atoms with Gasteiger partial charge < -0.3 is 14.8 Å². The SMILES string of the molecule is CCOC1CC(Nc2cccc(N3CCOC3=O)c2)C1. The Hall–Kier alpha value is -1.75. The van der Waals surface area contributed by atoms with E-state index in [1.165, 1.54) is 0 Å². The van der Waals surface area contributed by atoms with E-state index in [0.29, 0.717) is 25.3 Å². The Morgan fingerprint density at radius 2 is 2.30 bits per heavy atom. The van der Waals surface area contributed by atoms with Crippen molar-refractivity contribution in [1.29, 1.82) is 0 Å². The fraction of sp³-hybridized carbons (Fsp3) is 0.533. The van der Waals surface area contributed by atoms with Crippen LogP contribution in [0.5, 0.6) is 0 Å². The van der Waals surface area contributed by atoms with E-state index in [2.05, 4.69) is 5.32 Å². The number of benzene rings is 1. The maximum atomic E-state index is 11.6. The lowest BCUT2D eigenvalue weighted by Gasteiger charge is -2.36. The highest BCUT2D eigenvalue weighted by atomic mass is 16.6. The van der Waals surface area contributed by atoms with E-state index in [1.807, 2.05) is 31.2 Å². The van der Waals surface area contributed by atoms with Crippen LogP contribution in [0.25, 0.3) is 0 Å². The molecule has 0 spiro atoms. The molecule has 1 saturated heterocycles. The van der Waals surface area contributed by atoms with Crippen LogP contribution in [0, 0.1) is 0 Å². The zero-order valence-electron chi connectivity index (χ0n) is 11.7. The fourth-order valence-electron chi connectivity index (χ4n) is 2.68. The molecule has 2 aliphatic rings. The molecule has 1 aliphatic heterocycles. The van der Waals surface area contributed by atoms with Gasteiger partial charge in [0.05, 0.1) is 12.6 Å². The Labute approximate surface area is 118 Å². The van der Waals surface area contributed by atoms with Crippen molar-refractivity contribution in [3.8, 4) is 0 Å². The van der Waals surface area contributed by atoms with Gasteiger partial charge in [-0.1, -0.05) is 6.07 Å². The first-order chi connectivity index (χ1) is 9.76. The van der Waals surface area contributed by atoms with Gasteiger partial charge in [0.1, 0.15) is 6.61 Å². The summed E-state index contributed by atoms with van der Waals surface area (Å²) in [4.78, 5) is 13.2. The van der Waals surface area contributed by atoms with Gasteiger partial charge in [0.2, 0.25) is 0 Å². The van der Waals surface area contributed by atoms with E-state index in [1.54, 1.807) is 4.90 Å². The molecule has 20 heavy (non-hydrogen) atoms. The van der Waals surface area contributed by atoms with E-state index in [-0.39, 0.29) is 6.09 Å². The number of nitrogens with zero attached hydrogens (tertiary/aromatic N) is 1. The number of cyclic esters (lactones) is 1. The lowest BCUT2D eigenvalue weighted by atomic mass is 9.89.